The molecule has 1 aliphatic carbocycles. The smallest absolute Gasteiger partial charge is 0.140 e. The third-order valence-corrected chi connectivity index (χ3v) is 4.60. The molecular formula is C15H19Cl2NO. The zero-order chi connectivity index (χ0) is 13.8. The van der Waals surface area contributed by atoms with Crippen molar-refractivity contribution in [1.82, 2.24) is 0 Å². The summed E-state index contributed by atoms with van der Waals surface area (Å²) in [4.78, 5) is 12.4. The molecule has 2 unspecified atom stereocenters. The number of Topliss-reactive ketones (excluding diaryl/α,β-unsaturated/α-hetero) is 1. The summed E-state index contributed by atoms with van der Waals surface area (Å²) >= 11 is 12.1. The van der Waals surface area contributed by atoms with Gasteiger partial charge in [-0.2, -0.15) is 0 Å². The molecule has 1 aliphatic rings. The Morgan fingerprint density at radius 2 is 2.00 bits per heavy atom. The van der Waals surface area contributed by atoms with Gasteiger partial charge in [0, 0.05) is 22.4 Å². The summed E-state index contributed by atoms with van der Waals surface area (Å²) in [6.45, 7) is 0.597. The van der Waals surface area contributed by atoms with Crippen LogP contribution in [0.15, 0.2) is 18.2 Å². The van der Waals surface area contributed by atoms with Gasteiger partial charge in [0.25, 0.3) is 0 Å². The van der Waals surface area contributed by atoms with Gasteiger partial charge in [0.1, 0.15) is 5.78 Å². The number of benzene rings is 1. The van der Waals surface area contributed by atoms with Gasteiger partial charge in [0.05, 0.1) is 0 Å². The first-order valence-corrected chi connectivity index (χ1v) is 7.54. The van der Waals surface area contributed by atoms with Crippen molar-refractivity contribution in [3.8, 4) is 0 Å². The lowest BCUT2D eigenvalue weighted by Gasteiger charge is -2.29. The molecule has 0 saturated heterocycles. The average molecular weight is 300 g/mol. The Morgan fingerprint density at radius 1 is 1.26 bits per heavy atom. The van der Waals surface area contributed by atoms with E-state index in [1.807, 2.05) is 0 Å². The van der Waals surface area contributed by atoms with Gasteiger partial charge in [-0.1, -0.05) is 36.0 Å². The van der Waals surface area contributed by atoms with Gasteiger partial charge >= 0.3 is 0 Å². The minimum Gasteiger partial charge on any atom is -0.330 e. The molecule has 0 radical (unpaired) electrons. The Morgan fingerprint density at radius 3 is 2.74 bits per heavy atom. The molecule has 0 heterocycles. The molecule has 19 heavy (non-hydrogen) atoms. The second-order valence-electron chi connectivity index (χ2n) is 5.27. The molecule has 1 saturated carbocycles. The van der Waals surface area contributed by atoms with E-state index in [1.54, 1.807) is 18.2 Å². The number of carbonyl (C=O) groups excluding carboxylic acids is 1. The molecule has 0 aliphatic heterocycles. The topological polar surface area (TPSA) is 43.1 Å². The van der Waals surface area contributed by atoms with E-state index >= 15 is 0 Å². The highest BCUT2D eigenvalue weighted by atomic mass is 35.5. The second kappa shape index (κ2) is 6.74. The lowest BCUT2D eigenvalue weighted by Crippen LogP contribution is -2.33. The van der Waals surface area contributed by atoms with Gasteiger partial charge in [0.15, 0.2) is 0 Å². The Labute approximate surface area is 124 Å². The maximum atomic E-state index is 12.4. The monoisotopic (exact) mass is 299 g/mol. The number of halogens is 2. The average Bonchev–Trinajstić information content (AvgIpc) is 2.42. The second-order valence-corrected chi connectivity index (χ2v) is 6.11. The van der Waals surface area contributed by atoms with Crippen molar-refractivity contribution >= 4 is 29.0 Å². The van der Waals surface area contributed by atoms with Crippen molar-refractivity contribution in [1.29, 1.82) is 0 Å². The molecule has 2 nitrogen and oxygen atoms in total. The van der Waals surface area contributed by atoms with Gasteiger partial charge < -0.3 is 5.73 Å². The van der Waals surface area contributed by atoms with Gasteiger partial charge in [-0.25, -0.2) is 0 Å². The van der Waals surface area contributed by atoms with Crippen molar-refractivity contribution < 1.29 is 4.79 Å². The minimum atomic E-state index is 0.0915. The van der Waals surface area contributed by atoms with Crippen LogP contribution in [0.4, 0.5) is 0 Å². The van der Waals surface area contributed by atoms with Crippen molar-refractivity contribution in [2.45, 2.75) is 32.1 Å². The number of nitrogens with two attached hydrogens (primary N) is 1. The SMILES string of the molecule is NCC1CCCCC1C(=O)Cc1cc(Cl)ccc1Cl. The van der Waals surface area contributed by atoms with Crippen molar-refractivity contribution in [2.24, 2.45) is 17.6 Å². The quantitative estimate of drug-likeness (QED) is 0.917. The highest BCUT2D eigenvalue weighted by Crippen LogP contribution is 2.31. The van der Waals surface area contributed by atoms with Crippen molar-refractivity contribution in [3.63, 3.8) is 0 Å². The number of ketones is 1. The summed E-state index contributed by atoms with van der Waals surface area (Å²) in [6.07, 6.45) is 4.69. The van der Waals surface area contributed by atoms with Crippen LogP contribution in [0.2, 0.25) is 10.0 Å². The molecule has 4 heteroatoms. The van der Waals surface area contributed by atoms with E-state index in [4.69, 9.17) is 28.9 Å². The summed E-state index contributed by atoms with van der Waals surface area (Å²) < 4.78 is 0. The highest BCUT2D eigenvalue weighted by molar-refractivity contribution is 6.33. The van der Waals surface area contributed by atoms with Gasteiger partial charge in [-0.05, 0) is 49.1 Å². The molecule has 1 fully saturated rings. The molecule has 2 N–H and O–H groups in total. The molecule has 0 bridgehead atoms. The molecular weight excluding hydrogens is 281 g/mol. The third kappa shape index (κ3) is 3.71. The lowest BCUT2D eigenvalue weighted by molar-refractivity contribution is -0.124. The standard InChI is InChI=1S/C15H19Cl2NO/c16-12-5-6-14(17)11(7-12)8-15(19)13-4-2-1-3-10(13)9-18/h5-7,10,13H,1-4,8-9,18H2. The first-order chi connectivity index (χ1) is 9.11. The van der Waals surface area contributed by atoms with Crippen LogP contribution in [0.1, 0.15) is 31.2 Å². The number of hydrogen-bond donors (Lipinski definition) is 1. The third-order valence-electron chi connectivity index (χ3n) is 4.00. The van der Waals surface area contributed by atoms with Crippen LogP contribution >= 0.6 is 23.2 Å². The molecule has 2 atom stereocenters. The largest absolute Gasteiger partial charge is 0.330 e. The Kier molecular flexibility index (Phi) is 5.26. The fraction of sp³-hybridized carbons (Fsp3) is 0.533. The maximum absolute atomic E-state index is 12.4. The zero-order valence-electron chi connectivity index (χ0n) is 10.9. The maximum Gasteiger partial charge on any atom is 0.140 e. The van der Waals surface area contributed by atoms with Crippen LogP contribution < -0.4 is 5.73 Å². The first-order valence-electron chi connectivity index (χ1n) is 6.78. The van der Waals surface area contributed by atoms with E-state index in [-0.39, 0.29) is 11.7 Å². The van der Waals surface area contributed by atoms with Crippen LogP contribution in [0.5, 0.6) is 0 Å². The van der Waals surface area contributed by atoms with E-state index in [0.717, 1.165) is 24.8 Å². The Bertz CT molecular complexity index is 461. The summed E-state index contributed by atoms with van der Waals surface area (Å²) in [7, 11) is 0. The highest BCUT2D eigenvalue weighted by Gasteiger charge is 2.29. The fourth-order valence-electron chi connectivity index (χ4n) is 2.91. The minimum absolute atomic E-state index is 0.0915. The predicted octanol–water partition coefficient (Wildman–Crippen LogP) is 3.87. The summed E-state index contributed by atoms with van der Waals surface area (Å²) in [5, 5.41) is 1.23. The summed E-state index contributed by atoms with van der Waals surface area (Å²) in [6, 6.07) is 5.26. The van der Waals surface area contributed by atoms with E-state index in [9.17, 15) is 4.79 Å². The van der Waals surface area contributed by atoms with Crippen molar-refractivity contribution in [3.05, 3.63) is 33.8 Å². The normalized spacial score (nSPS) is 23.3. The number of hydrogen-bond acceptors (Lipinski definition) is 2. The molecule has 1 aromatic carbocycles. The van der Waals surface area contributed by atoms with E-state index in [0.29, 0.717) is 28.9 Å². The predicted molar refractivity (Wildman–Crippen MR) is 79.7 cm³/mol. The van der Waals surface area contributed by atoms with Gasteiger partial charge in [-0.15, -0.1) is 0 Å². The van der Waals surface area contributed by atoms with Crippen LogP contribution in [-0.2, 0) is 11.2 Å². The van der Waals surface area contributed by atoms with Crippen LogP contribution in [-0.4, -0.2) is 12.3 Å². The Hall–Kier alpha value is -0.570. The number of rotatable bonds is 4. The summed E-state index contributed by atoms with van der Waals surface area (Å²) in [5.74, 6) is 0.673. The van der Waals surface area contributed by atoms with Gasteiger partial charge in [-0.3, -0.25) is 4.79 Å². The lowest BCUT2D eigenvalue weighted by atomic mass is 9.76. The van der Waals surface area contributed by atoms with Crippen LogP contribution in [0, 0.1) is 11.8 Å². The first kappa shape index (κ1) is 14.8. The van der Waals surface area contributed by atoms with Crippen molar-refractivity contribution in [2.75, 3.05) is 6.54 Å². The Balaban J connectivity index is 2.09. The molecule has 0 amide bonds. The van der Waals surface area contributed by atoms with E-state index in [2.05, 4.69) is 0 Å². The zero-order valence-corrected chi connectivity index (χ0v) is 12.4. The number of carbonyl (C=O) groups is 1. The van der Waals surface area contributed by atoms with Crippen LogP contribution in [0.25, 0.3) is 0 Å². The molecule has 2 rings (SSSR count). The van der Waals surface area contributed by atoms with Gasteiger partial charge in [0.2, 0.25) is 0 Å². The molecule has 0 spiro atoms. The molecule has 0 aromatic heterocycles. The summed E-state index contributed by atoms with van der Waals surface area (Å²) in [5.41, 5.74) is 6.60. The fourth-order valence-corrected chi connectivity index (χ4v) is 3.29. The van der Waals surface area contributed by atoms with E-state index in [1.165, 1.54) is 6.42 Å². The van der Waals surface area contributed by atoms with E-state index < -0.39 is 0 Å². The van der Waals surface area contributed by atoms with Crippen LogP contribution in [0.3, 0.4) is 0 Å². The molecule has 1 aromatic rings. The molecule has 104 valence electrons.